The SMILES string of the molecule is CNc1nnc(C(=O)NC2CCCN(C)C2)s1. The minimum atomic E-state index is -0.121. The number of carbonyl (C=O) groups excluding carboxylic acids is 1. The van der Waals surface area contributed by atoms with Gasteiger partial charge < -0.3 is 15.5 Å². The first-order chi connectivity index (χ1) is 8.19. The second kappa shape index (κ2) is 5.42. The molecule has 0 radical (unpaired) electrons. The first kappa shape index (κ1) is 12.3. The van der Waals surface area contributed by atoms with Gasteiger partial charge in [-0.05, 0) is 26.4 Å². The summed E-state index contributed by atoms with van der Waals surface area (Å²) in [5, 5.41) is 14.7. The van der Waals surface area contributed by atoms with E-state index in [0.29, 0.717) is 10.1 Å². The fourth-order valence-corrected chi connectivity index (χ4v) is 2.55. The van der Waals surface area contributed by atoms with Crippen LogP contribution in [0.1, 0.15) is 22.6 Å². The van der Waals surface area contributed by atoms with Crippen molar-refractivity contribution >= 4 is 22.4 Å². The zero-order chi connectivity index (χ0) is 12.3. The van der Waals surface area contributed by atoms with Crippen molar-refractivity contribution in [3.63, 3.8) is 0 Å². The summed E-state index contributed by atoms with van der Waals surface area (Å²) in [5.74, 6) is -0.121. The molecule has 0 aromatic carbocycles. The van der Waals surface area contributed by atoms with Crippen molar-refractivity contribution < 1.29 is 4.79 Å². The van der Waals surface area contributed by atoms with Crippen LogP contribution < -0.4 is 10.6 Å². The molecule has 2 heterocycles. The lowest BCUT2D eigenvalue weighted by Gasteiger charge is -2.29. The highest BCUT2D eigenvalue weighted by molar-refractivity contribution is 7.17. The highest BCUT2D eigenvalue weighted by Gasteiger charge is 2.21. The Hall–Kier alpha value is -1.21. The number of anilines is 1. The molecule has 2 N–H and O–H groups in total. The molecular weight excluding hydrogens is 238 g/mol. The molecule has 2 rings (SSSR count). The Labute approximate surface area is 104 Å². The number of hydrogen-bond acceptors (Lipinski definition) is 6. The summed E-state index contributed by atoms with van der Waals surface area (Å²) >= 11 is 1.27. The topological polar surface area (TPSA) is 70.1 Å². The van der Waals surface area contributed by atoms with E-state index in [2.05, 4.69) is 32.8 Å². The van der Waals surface area contributed by atoms with Crippen LogP contribution in [0.5, 0.6) is 0 Å². The smallest absolute Gasteiger partial charge is 0.282 e. The molecule has 1 fully saturated rings. The van der Waals surface area contributed by atoms with Crippen molar-refractivity contribution in [2.24, 2.45) is 0 Å². The van der Waals surface area contributed by atoms with E-state index >= 15 is 0 Å². The molecule has 0 saturated carbocycles. The van der Waals surface area contributed by atoms with E-state index in [0.717, 1.165) is 25.9 Å². The van der Waals surface area contributed by atoms with E-state index < -0.39 is 0 Å². The van der Waals surface area contributed by atoms with E-state index in [1.54, 1.807) is 7.05 Å². The number of hydrogen-bond donors (Lipinski definition) is 2. The second-order valence-corrected chi connectivity index (χ2v) is 5.21. The van der Waals surface area contributed by atoms with Crippen LogP contribution in [0.25, 0.3) is 0 Å². The van der Waals surface area contributed by atoms with Gasteiger partial charge in [0.05, 0.1) is 0 Å². The predicted molar refractivity (Wildman–Crippen MR) is 67.4 cm³/mol. The normalized spacial score (nSPS) is 21.2. The minimum absolute atomic E-state index is 0.121. The van der Waals surface area contributed by atoms with Crippen molar-refractivity contribution in [1.82, 2.24) is 20.4 Å². The molecular formula is C10H17N5OS. The van der Waals surface area contributed by atoms with Gasteiger partial charge in [-0.25, -0.2) is 0 Å². The van der Waals surface area contributed by atoms with Gasteiger partial charge >= 0.3 is 0 Å². The lowest BCUT2D eigenvalue weighted by molar-refractivity contribution is 0.0911. The molecule has 1 atom stereocenters. The highest BCUT2D eigenvalue weighted by atomic mass is 32.1. The quantitative estimate of drug-likeness (QED) is 0.818. The highest BCUT2D eigenvalue weighted by Crippen LogP contribution is 2.15. The van der Waals surface area contributed by atoms with Crippen molar-refractivity contribution in [3.8, 4) is 0 Å². The van der Waals surface area contributed by atoms with Crippen LogP contribution in [0.2, 0.25) is 0 Å². The molecule has 1 aromatic heterocycles. The third-order valence-corrected chi connectivity index (χ3v) is 3.73. The summed E-state index contributed by atoms with van der Waals surface area (Å²) in [7, 11) is 3.83. The van der Waals surface area contributed by atoms with Crippen molar-refractivity contribution in [3.05, 3.63) is 5.01 Å². The van der Waals surface area contributed by atoms with Crippen molar-refractivity contribution in [2.75, 3.05) is 32.5 Å². The standard InChI is InChI=1S/C10H17N5OS/c1-11-10-14-13-9(17-10)8(16)12-7-4-3-5-15(2)6-7/h7H,3-6H2,1-2H3,(H,11,14)(H,12,16). The van der Waals surface area contributed by atoms with E-state index in [1.807, 2.05) is 0 Å². The van der Waals surface area contributed by atoms with E-state index in [9.17, 15) is 4.79 Å². The van der Waals surface area contributed by atoms with Gasteiger partial charge in [-0.1, -0.05) is 11.3 Å². The Kier molecular flexibility index (Phi) is 3.90. The summed E-state index contributed by atoms with van der Waals surface area (Å²) in [4.78, 5) is 14.1. The Balaban J connectivity index is 1.92. The average molecular weight is 255 g/mol. The van der Waals surface area contributed by atoms with Gasteiger partial charge in [0.15, 0.2) is 0 Å². The van der Waals surface area contributed by atoms with Gasteiger partial charge in [0.25, 0.3) is 5.91 Å². The molecule has 1 unspecified atom stereocenters. The first-order valence-electron chi connectivity index (χ1n) is 5.69. The molecule has 0 bridgehead atoms. The zero-order valence-corrected chi connectivity index (χ0v) is 10.9. The van der Waals surface area contributed by atoms with Crippen LogP contribution in [0.4, 0.5) is 5.13 Å². The van der Waals surface area contributed by atoms with Gasteiger partial charge in [0.1, 0.15) is 0 Å². The minimum Gasteiger partial charge on any atom is -0.363 e. The largest absolute Gasteiger partial charge is 0.363 e. The monoisotopic (exact) mass is 255 g/mol. The summed E-state index contributed by atoms with van der Waals surface area (Å²) in [6.45, 7) is 2.01. The molecule has 1 aliphatic rings. The van der Waals surface area contributed by atoms with Crippen LogP contribution in [-0.4, -0.2) is 54.2 Å². The van der Waals surface area contributed by atoms with Crippen LogP contribution in [0.15, 0.2) is 0 Å². The van der Waals surface area contributed by atoms with Crippen LogP contribution >= 0.6 is 11.3 Å². The number of amides is 1. The molecule has 1 aliphatic heterocycles. The predicted octanol–water partition coefficient (Wildman–Crippen LogP) is 0.404. The second-order valence-electron chi connectivity index (χ2n) is 4.24. The first-order valence-corrected chi connectivity index (χ1v) is 6.51. The fourth-order valence-electron chi connectivity index (χ4n) is 1.95. The molecule has 0 aliphatic carbocycles. The molecule has 7 heteroatoms. The summed E-state index contributed by atoms with van der Waals surface area (Å²) in [6, 6.07) is 0.225. The molecule has 0 spiro atoms. The van der Waals surface area contributed by atoms with Gasteiger partial charge in [-0.2, -0.15) is 0 Å². The Morgan fingerprint density at radius 3 is 3.00 bits per heavy atom. The van der Waals surface area contributed by atoms with Gasteiger partial charge in [-0.3, -0.25) is 4.79 Å². The number of likely N-dealkylation sites (tertiary alicyclic amines) is 1. The van der Waals surface area contributed by atoms with E-state index in [-0.39, 0.29) is 11.9 Å². The maximum Gasteiger partial charge on any atom is 0.282 e. The number of nitrogens with one attached hydrogen (secondary N) is 2. The molecule has 1 aromatic rings. The van der Waals surface area contributed by atoms with Gasteiger partial charge in [0.2, 0.25) is 10.1 Å². The number of piperidine rings is 1. The molecule has 17 heavy (non-hydrogen) atoms. The third-order valence-electron chi connectivity index (χ3n) is 2.79. The fraction of sp³-hybridized carbons (Fsp3) is 0.700. The summed E-state index contributed by atoms with van der Waals surface area (Å²) < 4.78 is 0. The van der Waals surface area contributed by atoms with Crippen LogP contribution in [0.3, 0.4) is 0 Å². The van der Waals surface area contributed by atoms with Crippen LogP contribution in [0, 0.1) is 0 Å². The molecule has 1 amide bonds. The molecule has 1 saturated heterocycles. The number of likely N-dealkylation sites (N-methyl/N-ethyl adjacent to an activating group) is 1. The van der Waals surface area contributed by atoms with E-state index in [1.165, 1.54) is 11.3 Å². The lowest BCUT2D eigenvalue weighted by atomic mass is 10.1. The number of aromatic nitrogens is 2. The van der Waals surface area contributed by atoms with Crippen LogP contribution in [-0.2, 0) is 0 Å². The Morgan fingerprint density at radius 1 is 1.53 bits per heavy atom. The Morgan fingerprint density at radius 2 is 2.35 bits per heavy atom. The number of carbonyl (C=O) groups is 1. The molecule has 6 nitrogen and oxygen atoms in total. The number of rotatable bonds is 3. The maximum atomic E-state index is 11.9. The number of nitrogens with zero attached hydrogens (tertiary/aromatic N) is 3. The van der Waals surface area contributed by atoms with Crippen molar-refractivity contribution in [2.45, 2.75) is 18.9 Å². The zero-order valence-electron chi connectivity index (χ0n) is 10.1. The van der Waals surface area contributed by atoms with Gasteiger partial charge in [-0.15, -0.1) is 10.2 Å². The lowest BCUT2D eigenvalue weighted by Crippen LogP contribution is -2.46. The average Bonchev–Trinajstić information content (AvgIpc) is 2.77. The third kappa shape index (κ3) is 3.13. The molecule has 94 valence electrons. The summed E-state index contributed by atoms with van der Waals surface area (Å²) in [5.41, 5.74) is 0. The Bertz CT molecular complexity index is 394. The van der Waals surface area contributed by atoms with E-state index in [4.69, 9.17) is 0 Å². The maximum absolute atomic E-state index is 11.9. The van der Waals surface area contributed by atoms with Crippen molar-refractivity contribution in [1.29, 1.82) is 0 Å². The van der Waals surface area contributed by atoms with Gasteiger partial charge in [0, 0.05) is 19.6 Å². The summed E-state index contributed by atoms with van der Waals surface area (Å²) in [6.07, 6.45) is 2.16.